The molecule has 1 aromatic rings. The van der Waals surface area contributed by atoms with Crippen LogP contribution in [0.25, 0.3) is 0 Å². The van der Waals surface area contributed by atoms with Gasteiger partial charge in [0.2, 0.25) is 0 Å². The Morgan fingerprint density at radius 2 is 2.00 bits per heavy atom. The molecule has 0 radical (unpaired) electrons. The first-order valence-electron chi connectivity index (χ1n) is 4.94. The number of carbonyl (C=O) groups is 2. The summed E-state index contributed by atoms with van der Waals surface area (Å²) in [5.74, 6) is -1.13. The molecule has 1 atom stereocenters. The van der Waals surface area contributed by atoms with Crippen molar-refractivity contribution in [1.82, 2.24) is 5.32 Å². The Morgan fingerprint density at radius 3 is 2.53 bits per heavy atom. The van der Waals surface area contributed by atoms with Gasteiger partial charge in [-0.05, 0) is 5.56 Å². The molecule has 0 unspecified atom stereocenters. The van der Waals surface area contributed by atoms with Crippen LogP contribution in [-0.4, -0.2) is 29.0 Å². The summed E-state index contributed by atoms with van der Waals surface area (Å²) in [6, 6.07) is 8.07. The monoisotopic (exact) mass is 255 g/mol. The van der Waals surface area contributed by atoms with Crippen LogP contribution >= 0.6 is 12.6 Å². The van der Waals surface area contributed by atoms with Crippen LogP contribution in [-0.2, 0) is 16.1 Å². The molecule has 1 aromatic carbocycles. The molecule has 0 bridgehead atoms. The van der Waals surface area contributed by atoms with Crippen molar-refractivity contribution in [2.45, 2.75) is 12.6 Å². The number of carbonyl (C=O) groups excluding carboxylic acids is 1. The van der Waals surface area contributed by atoms with E-state index in [-0.39, 0.29) is 12.4 Å². The fourth-order valence-corrected chi connectivity index (χ4v) is 1.34. The number of hydrogen-bond donors (Lipinski definition) is 3. The summed E-state index contributed by atoms with van der Waals surface area (Å²) in [5.41, 5.74) is 0.834. The highest BCUT2D eigenvalue weighted by atomic mass is 32.1. The zero-order valence-electron chi connectivity index (χ0n) is 9.00. The minimum Gasteiger partial charge on any atom is -0.480 e. The number of benzene rings is 1. The molecule has 5 nitrogen and oxygen atoms in total. The SMILES string of the molecule is O=C(N[C@@H](CS)C(=O)O)OCc1ccccc1. The Bertz CT molecular complexity index is 382. The maximum atomic E-state index is 11.3. The fourth-order valence-electron chi connectivity index (χ4n) is 1.09. The van der Waals surface area contributed by atoms with Crippen LogP contribution in [0, 0.1) is 0 Å². The average Bonchev–Trinajstić information content (AvgIpc) is 2.34. The van der Waals surface area contributed by atoms with Crippen LogP contribution in [0.4, 0.5) is 4.79 Å². The van der Waals surface area contributed by atoms with Crippen molar-refractivity contribution in [3.8, 4) is 0 Å². The second-order valence-electron chi connectivity index (χ2n) is 3.28. The Hall–Kier alpha value is -1.69. The predicted molar refractivity (Wildman–Crippen MR) is 65.0 cm³/mol. The molecular formula is C11H13NO4S. The molecule has 0 aliphatic heterocycles. The number of thiol groups is 1. The molecule has 0 aliphatic carbocycles. The summed E-state index contributed by atoms with van der Waals surface area (Å²) in [7, 11) is 0. The van der Waals surface area contributed by atoms with Crippen LogP contribution in [0.5, 0.6) is 0 Å². The Balaban J connectivity index is 2.37. The van der Waals surface area contributed by atoms with Gasteiger partial charge in [-0.15, -0.1) is 0 Å². The van der Waals surface area contributed by atoms with Gasteiger partial charge >= 0.3 is 12.1 Å². The molecule has 0 aromatic heterocycles. The highest BCUT2D eigenvalue weighted by molar-refractivity contribution is 7.80. The topological polar surface area (TPSA) is 75.6 Å². The molecular weight excluding hydrogens is 242 g/mol. The number of carboxylic acid groups (broad SMARTS) is 1. The van der Waals surface area contributed by atoms with E-state index in [4.69, 9.17) is 9.84 Å². The second kappa shape index (κ2) is 6.80. The van der Waals surface area contributed by atoms with Crippen molar-refractivity contribution in [3.63, 3.8) is 0 Å². The molecule has 2 N–H and O–H groups in total. The van der Waals surface area contributed by atoms with Gasteiger partial charge in [0, 0.05) is 5.75 Å². The Morgan fingerprint density at radius 1 is 1.35 bits per heavy atom. The molecule has 0 heterocycles. The highest BCUT2D eigenvalue weighted by Crippen LogP contribution is 2.01. The maximum Gasteiger partial charge on any atom is 0.408 e. The first-order valence-corrected chi connectivity index (χ1v) is 5.57. The third kappa shape index (κ3) is 4.78. The molecule has 17 heavy (non-hydrogen) atoms. The van der Waals surface area contributed by atoms with Crippen LogP contribution in [0.2, 0.25) is 0 Å². The van der Waals surface area contributed by atoms with Crippen LogP contribution in [0.3, 0.4) is 0 Å². The summed E-state index contributed by atoms with van der Waals surface area (Å²) >= 11 is 3.82. The van der Waals surface area contributed by atoms with E-state index < -0.39 is 18.1 Å². The molecule has 1 amide bonds. The summed E-state index contributed by atoms with van der Waals surface area (Å²) in [6.07, 6.45) is -0.768. The number of carboxylic acids is 1. The molecule has 0 saturated heterocycles. The van der Waals surface area contributed by atoms with Crippen molar-refractivity contribution >= 4 is 24.7 Å². The lowest BCUT2D eigenvalue weighted by Crippen LogP contribution is -2.42. The maximum absolute atomic E-state index is 11.3. The molecule has 92 valence electrons. The Labute approximate surface area is 104 Å². The van der Waals surface area contributed by atoms with E-state index in [2.05, 4.69) is 17.9 Å². The van der Waals surface area contributed by atoms with Crippen molar-refractivity contribution < 1.29 is 19.4 Å². The standard InChI is InChI=1S/C11H13NO4S/c13-10(14)9(7-17)12-11(15)16-6-8-4-2-1-3-5-8/h1-5,9,17H,6-7H2,(H,12,15)(H,13,14)/t9-/m0/s1. The fraction of sp³-hybridized carbons (Fsp3) is 0.273. The average molecular weight is 255 g/mol. The first kappa shape index (κ1) is 13.4. The third-order valence-electron chi connectivity index (χ3n) is 1.99. The zero-order chi connectivity index (χ0) is 12.7. The van der Waals surface area contributed by atoms with Crippen molar-refractivity contribution in [2.24, 2.45) is 0 Å². The van der Waals surface area contributed by atoms with Gasteiger partial charge in [0.05, 0.1) is 0 Å². The van der Waals surface area contributed by atoms with E-state index >= 15 is 0 Å². The van der Waals surface area contributed by atoms with Crippen molar-refractivity contribution in [2.75, 3.05) is 5.75 Å². The lowest BCUT2D eigenvalue weighted by molar-refractivity contribution is -0.138. The van der Waals surface area contributed by atoms with Gasteiger partial charge < -0.3 is 15.2 Å². The third-order valence-corrected chi connectivity index (χ3v) is 2.35. The lowest BCUT2D eigenvalue weighted by Gasteiger charge is -2.12. The van der Waals surface area contributed by atoms with Gasteiger partial charge in [0.25, 0.3) is 0 Å². The van der Waals surface area contributed by atoms with E-state index in [1.54, 1.807) is 12.1 Å². The van der Waals surface area contributed by atoms with Gasteiger partial charge in [-0.1, -0.05) is 30.3 Å². The van der Waals surface area contributed by atoms with Gasteiger partial charge in [0.1, 0.15) is 12.6 Å². The first-order chi connectivity index (χ1) is 8.13. The summed E-state index contributed by atoms with van der Waals surface area (Å²) in [4.78, 5) is 21.9. The van der Waals surface area contributed by atoms with Crippen molar-refractivity contribution in [3.05, 3.63) is 35.9 Å². The number of aliphatic carboxylic acids is 1. The van der Waals surface area contributed by atoms with E-state index in [0.717, 1.165) is 5.56 Å². The predicted octanol–water partition coefficient (Wildman–Crippen LogP) is 1.30. The summed E-state index contributed by atoms with van der Waals surface area (Å²) < 4.78 is 4.86. The van der Waals surface area contributed by atoms with Crippen LogP contribution < -0.4 is 5.32 Å². The molecule has 0 spiro atoms. The molecule has 6 heteroatoms. The molecule has 0 saturated carbocycles. The summed E-state index contributed by atoms with van der Waals surface area (Å²) in [6.45, 7) is 0.103. The molecule has 1 rings (SSSR count). The largest absolute Gasteiger partial charge is 0.480 e. The lowest BCUT2D eigenvalue weighted by atomic mass is 10.2. The van der Waals surface area contributed by atoms with Gasteiger partial charge in [-0.3, -0.25) is 0 Å². The molecule has 0 aliphatic rings. The van der Waals surface area contributed by atoms with E-state index in [0.29, 0.717) is 0 Å². The quantitative estimate of drug-likeness (QED) is 0.693. The minimum absolute atomic E-state index is 0.00969. The van der Waals surface area contributed by atoms with E-state index in [1.165, 1.54) is 0 Å². The number of ether oxygens (including phenoxy) is 1. The normalized spacial score (nSPS) is 11.6. The van der Waals surface area contributed by atoms with Crippen LogP contribution in [0.1, 0.15) is 5.56 Å². The van der Waals surface area contributed by atoms with Gasteiger partial charge in [0.15, 0.2) is 0 Å². The van der Waals surface area contributed by atoms with E-state index in [9.17, 15) is 9.59 Å². The zero-order valence-corrected chi connectivity index (χ0v) is 9.89. The Kier molecular flexibility index (Phi) is 5.35. The summed E-state index contributed by atoms with van der Waals surface area (Å²) in [5, 5.41) is 10.9. The minimum atomic E-state index is -1.14. The number of alkyl carbamates (subject to hydrolysis) is 1. The number of nitrogens with one attached hydrogen (secondary N) is 1. The van der Waals surface area contributed by atoms with E-state index in [1.807, 2.05) is 18.2 Å². The number of amides is 1. The van der Waals surface area contributed by atoms with Gasteiger partial charge in [-0.2, -0.15) is 12.6 Å². The van der Waals surface area contributed by atoms with Crippen LogP contribution in [0.15, 0.2) is 30.3 Å². The smallest absolute Gasteiger partial charge is 0.408 e. The van der Waals surface area contributed by atoms with Gasteiger partial charge in [-0.25, -0.2) is 9.59 Å². The molecule has 0 fully saturated rings. The highest BCUT2D eigenvalue weighted by Gasteiger charge is 2.18. The van der Waals surface area contributed by atoms with Crippen molar-refractivity contribution in [1.29, 1.82) is 0 Å². The number of rotatable bonds is 5. The second-order valence-corrected chi connectivity index (χ2v) is 3.64. The number of hydrogen-bond acceptors (Lipinski definition) is 4.